The van der Waals surface area contributed by atoms with E-state index in [1.807, 2.05) is 0 Å². The molecule has 2 aromatic rings. The zero-order valence-electron chi connectivity index (χ0n) is 12.5. The van der Waals surface area contributed by atoms with E-state index in [4.69, 9.17) is 0 Å². The molecular weight excluding hydrogens is 323 g/mol. The lowest BCUT2D eigenvalue weighted by molar-refractivity contribution is -0.385. The van der Waals surface area contributed by atoms with Gasteiger partial charge in [-0.1, -0.05) is 18.2 Å². The second-order valence-electron chi connectivity index (χ2n) is 5.10. The number of hydrogen-bond donors (Lipinski definition) is 1. The largest absolute Gasteiger partial charge is 0.273 e. The minimum Gasteiger partial charge on any atom is -0.258 e. The van der Waals surface area contributed by atoms with Gasteiger partial charge >= 0.3 is 0 Å². The summed E-state index contributed by atoms with van der Waals surface area (Å²) in [7, 11) is -3.94. The maximum atomic E-state index is 12.9. The molecule has 2 aromatic carbocycles. The van der Waals surface area contributed by atoms with Crippen LogP contribution in [0, 0.1) is 22.9 Å². The number of hydrogen-bond acceptors (Lipinski definition) is 4. The zero-order valence-corrected chi connectivity index (χ0v) is 13.3. The Labute approximate surface area is 133 Å². The molecule has 0 aliphatic rings. The fourth-order valence-corrected chi connectivity index (χ4v) is 3.32. The van der Waals surface area contributed by atoms with Crippen LogP contribution in [0.4, 0.5) is 10.1 Å². The van der Waals surface area contributed by atoms with Crippen molar-refractivity contribution in [1.82, 2.24) is 4.72 Å². The van der Waals surface area contributed by atoms with Gasteiger partial charge in [-0.05, 0) is 37.6 Å². The minimum atomic E-state index is -3.94. The molecular formula is C15H15FN2O4S. The van der Waals surface area contributed by atoms with Crippen molar-refractivity contribution in [3.8, 4) is 0 Å². The SMILES string of the molecule is Cc1ccc(S(=O)(=O)N[C@@H](C)c2ccc(F)cc2)cc1[N+](=O)[O-]. The van der Waals surface area contributed by atoms with Gasteiger partial charge in [0, 0.05) is 17.7 Å². The molecule has 0 saturated heterocycles. The highest BCUT2D eigenvalue weighted by atomic mass is 32.2. The molecule has 23 heavy (non-hydrogen) atoms. The van der Waals surface area contributed by atoms with E-state index in [0.717, 1.165) is 6.07 Å². The van der Waals surface area contributed by atoms with Gasteiger partial charge in [-0.15, -0.1) is 0 Å². The predicted molar refractivity (Wildman–Crippen MR) is 83.0 cm³/mol. The van der Waals surface area contributed by atoms with Gasteiger partial charge in [0.15, 0.2) is 0 Å². The molecule has 0 amide bonds. The lowest BCUT2D eigenvalue weighted by atomic mass is 10.1. The maximum Gasteiger partial charge on any atom is 0.273 e. The molecule has 8 heteroatoms. The minimum absolute atomic E-state index is 0.191. The molecule has 0 fully saturated rings. The van der Waals surface area contributed by atoms with E-state index >= 15 is 0 Å². The van der Waals surface area contributed by atoms with Crippen molar-refractivity contribution in [1.29, 1.82) is 0 Å². The third-order valence-electron chi connectivity index (χ3n) is 3.39. The van der Waals surface area contributed by atoms with Crippen LogP contribution in [0.3, 0.4) is 0 Å². The Kier molecular flexibility index (Phi) is 4.76. The average molecular weight is 338 g/mol. The van der Waals surface area contributed by atoms with E-state index in [0.29, 0.717) is 11.1 Å². The molecule has 2 rings (SSSR count). The van der Waals surface area contributed by atoms with Gasteiger partial charge in [0.25, 0.3) is 5.69 Å². The second kappa shape index (κ2) is 6.43. The Morgan fingerprint density at radius 3 is 2.35 bits per heavy atom. The monoisotopic (exact) mass is 338 g/mol. The normalized spacial score (nSPS) is 12.8. The van der Waals surface area contributed by atoms with Crippen LogP contribution in [0.15, 0.2) is 47.4 Å². The highest BCUT2D eigenvalue weighted by Gasteiger charge is 2.22. The fourth-order valence-electron chi connectivity index (χ4n) is 2.07. The summed E-state index contributed by atoms with van der Waals surface area (Å²) in [6, 6.07) is 8.52. The third kappa shape index (κ3) is 3.91. The Morgan fingerprint density at radius 1 is 1.17 bits per heavy atom. The number of nitrogens with one attached hydrogen (secondary N) is 1. The lowest BCUT2D eigenvalue weighted by Crippen LogP contribution is -2.27. The number of halogens is 1. The van der Waals surface area contributed by atoms with Gasteiger partial charge in [-0.3, -0.25) is 10.1 Å². The van der Waals surface area contributed by atoms with E-state index in [9.17, 15) is 22.9 Å². The van der Waals surface area contributed by atoms with Crippen molar-refractivity contribution in [3.05, 3.63) is 69.5 Å². The molecule has 0 bridgehead atoms. The Morgan fingerprint density at radius 2 is 1.78 bits per heavy atom. The summed E-state index contributed by atoms with van der Waals surface area (Å²) in [6.45, 7) is 3.14. The number of benzene rings is 2. The van der Waals surface area contributed by atoms with Gasteiger partial charge in [0.05, 0.1) is 9.82 Å². The summed E-state index contributed by atoms with van der Waals surface area (Å²) < 4.78 is 40.1. The van der Waals surface area contributed by atoms with Crippen LogP contribution in [0.5, 0.6) is 0 Å². The van der Waals surface area contributed by atoms with Crippen LogP contribution in [-0.2, 0) is 10.0 Å². The summed E-state index contributed by atoms with van der Waals surface area (Å²) in [5.74, 6) is -0.419. The van der Waals surface area contributed by atoms with E-state index in [1.165, 1.54) is 43.3 Å². The maximum absolute atomic E-state index is 12.9. The van der Waals surface area contributed by atoms with Crippen LogP contribution < -0.4 is 4.72 Å². The highest BCUT2D eigenvalue weighted by Crippen LogP contribution is 2.23. The first-order valence-corrected chi connectivity index (χ1v) is 8.22. The molecule has 0 aromatic heterocycles. The van der Waals surface area contributed by atoms with Crippen molar-refractivity contribution in [2.75, 3.05) is 0 Å². The topological polar surface area (TPSA) is 89.3 Å². The van der Waals surface area contributed by atoms with E-state index in [1.54, 1.807) is 6.92 Å². The van der Waals surface area contributed by atoms with Gasteiger partial charge in [0.1, 0.15) is 5.82 Å². The molecule has 0 heterocycles. The highest BCUT2D eigenvalue weighted by molar-refractivity contribution is 7.89. The molecule has 122 valence electrons. The molecule has 1 atom stereocenters. The van der Waals surface area contributed by atoms with Gasteiger partial charge in [-0.2, -0.15) is 0 Å². The number of rotatable bonds is 5. The Hall–Kier alpha value is -2.32. The van der Waals surface area contributed by atoms with Gasteiger partial charge < -0.3 is 0 Å². The summed E-state index contributed by atoms with van der Waals surface area (Å²) in [4.78, 5) is 10.1. The molecule has 0 unspecified atom stereocenters. The number of nitrogens with zero attached hydrogens (tertiary/aromatic N) is 1. The first kappa shape index (κ1) is 17.0. The van der Waals surface area contributed by atoms with E-state index in [-0.39, 0.29) is 10.6 Å². The summed E-state index contributed by atoms with van der Waals surface area (Å²) >= 11 is 0. The van der Waals surface area contributed by atoms with E-state index < -0.39 is 26.8 Å². The zero-order chi connectivity index (χ0) is 17.2. The fraction of sp³-hybridized carbons (Fsp3) is 0.200. The van der Waals surface area contributed by atoms with Crippen LogP contribution in [0.2, 0.25) is 0 Å². The van der Waals surface area contributed by atoms with Crippen LogP contribution in [-0.4, -0.2) is 13.3 Å². The molecule has 0 aliphatic carbocycles. The molecule has 1 N–H and O–H groups in total. The van der Waals surface area contributed by atoms with Crippen molar-refractivity contribution in [3.63, 3.8) is 0 Å². The van der Waals surface area contributed by atoms with Gasteiger partial charge in [0.2, 0.25) is 10.0 Å². The van der Waals surface area contributed by atoms with E-state index in [2.05, 4.69) is 4.72 Å². The van der Waals surface area contributed by atoms with Crippen LogP contribution in [0.25, 0.3) is 0 Å². The van der Waals surface area contributed by atoms with Crippen LogP contribution >= 0.6 is 0 Å². The molecule has 0 radical (unpaired) electrons. The number of nitro benzene ring substituents is 1. The van der Waals surface area contributed by atoms with Crippen molar-refractivity contribution >= 4 is 15.7 Å². The molecule has 0 aliphatic heterocycles. The smallest absolute Gasteiger partial charge is 0.258 e. The number of nitro groups is 1. The lowest BCUT2D eigenvalue weighted by Gasteiger charge is -2.15. The van der Waals surface area contributed by atoms with Crippen LogP contribution in [0.1, 0.15) is 24.1 Å². The average Bonchev–Trinajstić information content (AvgIpc) is 2.47. The standard InChI is InChI=1S/C15H15FN2O4S/c1-10-3-8-14(9-15(10)18(19)20)23(21,22)17-11(2)12-4-6-13(16)7-5-12/h3-9,11,17H,1-2H3/t11-/m0/s1. The summed E-state index contributed by atoms with van der Waals surface area (Å²) in [6.07, 6.45) is 0. The van der Waals surface area contributed by atoms with Crippen molar-refractivity contribution in [2.24, 2.45) is 0 Å². The number of sulfonamides is 1. The van der Waals surface area contributed by atoms with Crippen molar-refractivity contribution in [2.45, 2.75) is 24.8 Å². The summed E-state index contributed by atoms with van der Waals surface area (Å²) in [5, 5.41) is 10.9. The first-order chi connectivity index (χ1) is 10.7. The Balaban J connectivity index is 2.30. The quantitative estimate of drug-likeness (QED) is 0.670. The van der Waals surface area contributed by atoms with Crippen molar-refractivity contribution < 1.29 is 17.7 Å². The van der Waals surface area contributed by atoms with Gasteiger partial charge in [-0.25, -0.2) is 17.5 Å². The number of aryl methyl sites for hydroxylation is 1. The molecule has 6 nitrogen and oxygen atoms in total. The summed E-state index contributed by atoms with van der Waals surface area (Å²) in [5.41, 5.74) is 0.694. The first-order valence-electron chi connectivity index (χ1n) is 6.73. The molecule has 0 saturated carbocycles. The second-order valence-corrected chi connectivity index (χ2v) is 6.81. The molecule has 0 spiro atoms. The Bertz CT molecular complexity index is 835. The predicted octanol–water partition coefficient (Wildman–Crippen LogP) is 3.08. The third-order valence-corrected chi connectivity index (χ3v) is 4.93.